The number of carbonyl (C=O) groups is 1. The Bertz CT molecular complexity index is 418. The van der Waals surface area contributed by atoms with Crippen molar-refractivity contribution in [1.82, 2.24) is 5.32 Å². The van der Waals surface area contributed by atoms with Crippen LogP contribution in [0.3, 0.4) is 0 Å². The largest absolute Gasteiger partial charge is 0.396 e. The number of hydrogen-bond donors (Lipinski definition) is 2. The number of halogens is 3. The highest BCUT2D eigenvalue weighted by molar-refractivity contribution is 6.39. The van der Waals surface area contributed by atoms with Crippen molar-refractivity contribution < 1.29 is 4.79 Å². The SMILES string of the molecule is CC(C)(C)NCC(=O)c1cc(Cl)c(N)c(Cl)c1.Cl. The van der Waals surface area contributed by atoms with Crippen molar-refractivity contribution in [2.24, 2.45) is 0 Å². The summed E-state index contributed by atoms with van der Waals surface area (Å²) in [5.74, 6) is -0.0660. The van der Waals surface area contributed by atoms with Crippen molar-refractivity contribution in [3.63, 3.8) is 0 Å². The van der Waals surface area contributed by atoms with E-state index >= 15 is 0 Å². The molecule has 0 aromatic heterocycles. The lowest BCUT2D eigenvalue weighted by molar-refractivity contribution is 0.0982. The smallest absolute Gasteiger partial charge is 0.176 e. The van der Waals surface area contributed by atoms with Gasteiger partial charge in [-0.1, -0.05) is 23.2 Å². The number of carbonyl (C=O) groups excluding carboxylic acids is 1. The highest BCUT2D eigenvalue weighted by Crippen LogP contribution is 2.28. The number of hydrogen-bond acceptors (Lipinski definition) is 3. The average molecular weight is 312 g/mol. The number of nitrogens with two attached hydrogens (primary N) is 1. The van der Waals surface area contributed by atoms with Gasteiger partial charge in [-0.25, -0.2) is 0 Å². The zero-order chi connectivity index (χ0) is 13.2. The quantitative estimate of drug-likeness (QED) is 0.663. The van der Waals surface area contributed by atoms with E-state index in [4.69, 9.17) is 28.9 Å². The summed E-state index contributed by atoms with van der Waals surface area (Å²) >= 11 is 11.7. The van der Waals surface area contributed by atoms with Gasteiger partial charge in [0.25, 0.3) is 0 Å². The zero-order valence-electron chi connectivity index (χ0n) is 10.5. The Morgan fingerprint density at radius 2 is 1.72 bits per heavy atom. The third-order valence-corrected chi connectivity index (χ3v) is 2.81. The van der Waals surface area contributed by atoms with E-state index in [0.29, 0.717) is 21.3 Å². The molecule has 0 aliphatic heterocycles. The zero-order valence-corrected chi connectivity index (χ0v) is 12.8. The normalized spacial score (nSPS) is 10.9. The molecule has 3 N–H and O–H groups in total. The van der Waals surface area contributed by atoms with Crippen LogP contribution >= 0.6 is 35.6 Å². The third-order valence-electron chi connectivity index (χ3n) is 2.18. The Balaban J connectivity index is 0.00000289. The minimum Gasteiger partial charge on any atom is -0.396 e. The summed E-state index contributed by atoms with van der Waals surface area (Å²) in [5, 5.41) is 3.71. The summed E-state index contributed by atoms with van der Waals surface area (Å²) in [7, 11) is 0. The Morgan fingerprint density at radius 3 is 2.11 bits per heavy atom. The molecule has 0 radical (unpaired) electrons. The van der Waals surface area contributed by atoms with Gasteiger partial charge in [-0.05, 0) is 32.9 Å². The minimum atomic E-state index is -0.114. The van der Waals surface area contributed by atoms with E-state index in [0.717, 1.165) is 0 Å². The van der Waals surface area contributed by atoms with Crippen molar-refractivity contribution in [1.29, 1.82) is 0 Å². The van der Waals surface area contributed by atoms with Crippen LogP contribution in [0.5, 0.6) is 0 Å². The highest BCUT2D eigenvalue weighted by Gasteiger charge is 2.14. The van der Waals surface area contributed by atoms with Crippen LogP contribution in [0.25, 0.3) is 0 Å². The molecule has 0 aliphatic rings. The van der Waals surface area contributed by atoms with E-state index in [2.05, 4.69) is 5.32 Å². The van der Waals surface area contributed by atoms with Gasteiger partial charge in [0.1, 0.15) is 0 Å². The molecular formula is C12H17Cl3N2O. The molecule has 0 saturated carbocycles. The first-order chi connectivity index (χ1) is 7.70. The summed E-state index contributed by atoms with van der Waals surface area (Å²) in [6.07, 6.45) is 0. The fourth-order valence-electron chi connectivity index (χ4n) is 1.19. The summed E-state index contributed by atoms with van der Waals surface area (Å²) in [4.78, 5) is 11.9. The molecule has 6 heteroatoms. The van der Waals surface area contributed by atoms with Crippen LogP contribution in [-0.2, 0) is 0 Å². The first-order valence-corrected chi connectivity index (χ1v) is 5.99. The first-order valence-electron chi connectivity index (χ1n) is 5.23. The molecule has 0 saturated heterocycles. The van der Waals surface area contributed by atoms with Gasteiger partial charge in [-0.15, -0.1) is 12.4 Å². The summed E-state index contributed by atoms with van der Waals surface area (Å²) in [6.45, 7) is 6.20. The van der Waals surface area contributed by atoms with Gasteiger partial charge < -0.3 is 11.1 Å². The molecule has 0 unspecified atom stereocenters. The van der Waals surface area contributed by atoms with Crippen molar-refractivity contribution in [2.45, 2.75) is 26.3 Å². The molecule has 1 aromatic carbocycles. The van der Waals surface area contributed by atoms with Gasteiger partial charge >= 0.3 is 0 Å². The maximum Gasteiger partial charge on any atom is 0.176 e. The van der Waals surface area contributed by atoms with Gasteiger partial charge in [-0.2, -0.15) is 0 Å². The lowest BCUT2D eigenvalue weighted by Gasteiger charge is -2.19. The Kier molecular flexibility index (Phi) is 6.44. The number of ketones is 1. The monoisotopic (exact) mass is 310 g/mol. The number of nitrogen functional groups attached to an aromatic ring is 1. The summed E-state index contributed by atoms with van der Waals surface area (Å²) in [6, 6.07) is 3.07. The standard InChI is InChI=1S/C12H16Cl2N2O.ClH/c1-12(2,3)16-6-10(17)7-4-8(13)11(15)9(14)5-7;/h4-5,16H,6,15H2,1-3H3;1H. The fourth-order valence-corrected chi connectivity index (χ4v) is 1.68. The Labute approximate surface area is 123 Å². The summed E-state index contributed by atoms with van der Waals surface area (Å²) < 4.78 is 0. The van der Waals surface area contributed by atoms with Crippen LogP contribution in [0, 0.1) is 0 Å². The second-order valence-electron chi connectivity index (χ2n) is 4.88. The molecule has 0 aliphatic carbocycles. The van der Waals surface area contributed by atoms with Crippen molar-refractivity contribution in [3.8, 4) is 0 Å². The van der Waals surface area contributed by atoms with Crippen LogP contribution in [0.4, 0.5) is 5.69 Å². The third kappa shape index (κ3) is 5.02. The average Bonchev–Trinajstić information content (AvgIpc) is 2.20. The fraction of sp³-hybridized carbons (Fsp3) is 0.417. The van der Waals surface area contributed by atoms with Gasteiger partial charge in [0.2, 0.25) is 0 Å². The van der Waals surface area contributed by atoms with Gasteiger partial charge in [0.15, 0.2) is 5.78 Å². The maximum atomic E-state index is 11.9. The van der Waals surface area contributed by atoms with E-state index in [-0.39, 0.29) is 30.3 Å². The number of benzene rings is 1. The molecular weight excluding hydrogens is 295 g/mol. The van der Waals surface area contributed by atoms with Crippen LogP contribution in [0.2, 0.25) is 10.0 Å². The number of anilines is 1. The minimum absolute atomic E-state index is 0. The molecule has 1 aromatic rings. The number of rotatable bonds is 3. The van der Waals surface area contributed by atoms with E-state index in [1.807, 2.05) is 20.8 Å². The topological polar surface area (TPSA) is 55.1 Å². The molecule has 0 amide bonds. The van der Waals surface area contributed by atoms with Gasteiger partial charge in [0, 0.05) is 11.1 Å². The molecule has 0 atom stereocenters. The van der Waals surface area contributed by atoms with Crippen LogP contribution < -0.4 is 11.1 Å². The number of nitrogens with one attached hydrogen (secondary N) is 1. The number of Topliss-reactive ketones (excluding diaryl/α,β-unsaturated/α-hetero) is 1. The van der Waals surface area contributed by atoms with Gasteiger partial charge in [-0.3, -0.25) is 4.79 Å². The van der Waals surface area contributed by atoms with Crippen LogP contribution in [-0.4, -0.2) is 17.9 Å². The predicted octanol–water partition coefficient (Wildman–Crippen LogP) is 3.57. The molecule has 0 heterocycles. The van der Waals surface area contributed by atoms with E-state index in [1.54, 1.807) is 0 Å². The van der Waals surface area contributed by atoms with Crippen molar-refractivity contribution in [2.75, 3.05) is 12.3 Å². The first kappa shape index (κ1) is 17.5. The lowest BCUT2D eigenvalue weighted by Crippen LogP contribution is -2.39. The molecule has 3 nitrogen and oxygen atoms in total. The second kappa shape index (κ2) is 6.62. The van der Waals surface area contributed by atoms with Gasteiger partial charge in [0.05, 0.1) is 22.3 Å². The summed E-state index contributed by atoms with van der Waals surface area (Å²) in [5.41, 5.74) is 6.25. The molecule has 0 bridgehead atoms. The van der Waals surface area contributed by atoms with E-state index in [9.17, 15) is 4.79 Å². The van der Waals surface area contributed by atoms with Crippen molar-refractivity contribution >= 4 is 47.1 Å². The highest BCUT2D eigenvalue weighted by atomic mass is 35.5. The molecule has 102 valence electrons. The van der Waals surface area contributed by atoms with Crippen molar-refractivity contribution in [3.05, 3.63) is 27.7 Å². The maximum absolute atomic E-state index is 11.9. The Morgan fingerprint density at radius 1 is 1.28 bits per heavy atom. The molecule has 18 heavy (non-hydrogen) atoms. The van der Waals surface area contributed by atoms with Crippen LogP contribution in [0.15, 0.2) is 12.1 Å². The van der Waals surface area contributed by atoms with E-state index < -0.39 is 0 Å². The molecule has 1 rings (SSSR count). The Hall–Kier alpha value is -0.480. The van der Waals surface area contributed by atoms with E-state index in [1.165, 1.54) is 12.1 Å². The molecule has 0 spiro atoms. The second-order valence-corrected chi connectivity index (χ2v) is 5.69. The van der Waals surface area contributed by atoms with Crippen LogP contribution in [0.1, 0.15) is 31.1 Å². The molecule has 0 fully saturated rings. The lowest BCUT2D eigenvalue weighted by atomic mass is 10.1. The predicted molar refractivity (Wildman–Crippen MR) is 80.2 cm³/mol.